The first-order valence-corrected chi connectivity index (χ1v) is 6.16. The van der Waals surface area contributed by atoms with Gasteiger partial charge in [-0.25, -0.2) is 0 Å². The molecule has 0 spiro atoms. The van der Waals surface area contributed by atoms with Gasteiger partial charge in [0.25, 0.3) is 0 Å². The second kappa shape index (κ2) is 4.83. The third-order valence-corrected chi connectivity index (χ3v) is 3.50. The van der Waals surface area contributed by atoms with E-state index in [1.807, 2.05) is 18.2 Å². The zero-order chi connectivity index (χ0) is 10.8. The van der Waals surface area contributed by atoms with Gasteiger partial charge < -0.3 is 5.11 Å². The Bertz CT molecular complexity index is 358. The number of nitrogens with zero attached hydrogens (tertiary/aromatic N) is 1. The number of halogens is 2. The van der Waals surface area contributed by atoms with Crippen LogP contribution in [0.3, 0.4) is 0 Å². The molecule has 2 rings (SSSR count). The SMILES string of the molecule is OC1CCN(Cc2ccc(Br)cc2Cl)C1. The Balaban J connectivity index is 2.04. The molecule has 0 radical (unpaired) electrons. The van der Waals surface area contributed by atoms with E-state index in [-0.39, 0.29) is 6.10 Å². The van der Waals surface area contributed by atoms with Crippen molar-refractivity contribution >= 4 is 27.5 Å². The minimum Gasteiger partial charge on any atom is -0.392 e. The number of aliphatic hydroxyl groups is 1. The van der Waals surface area contributed by atoms with E-state index < -0.39 is 0 Å². The highest BCUT2D eigenvalue weighted by atomic mass is 79.9. The summed E-state index contributed by atoms with van der Waals surface area (Å²) in [5.74, 6) is 0. The quantitative estimate of drug-likeness (QED) is 0.905. The molecular formula is C11H13BrClNO. The zero-order valence-electron chi connectivity index (χ0n) is 8.29. The Morgan fingerprint density at radius 3 is 2.93 bits per heavy atom. The molecule has 2 nitrogen and oxygen atoms in total. The van der Waals surface area contributed by atoms with Crippen LogP contribution in [0.2, 0.25) is 5.02 Å². The van der Waals surface area contributed by atoms with Crippen LogP contribution >= 0.6 is 27.5 Å². The highest BCUT2D eigenvalue weighted by Crippen LogP contribution is 2.23. The molecule has 15 heavy (non-hydrogen) atoms. The van der Waals surface area contributed by atoms with Crippen LogP contribution in [0.1, 0.15) is 12.0 Å². The fraction of sp³-hybridized carbons (Fsp3) is 0.455. The normalized spacial score (nSPS) is 22.2. The summed E-state index contributed by atoms with van der Waals surface area (Å²) in [5.41, 5.74) is 1.12. The van der Waals surface area contributed by atoms with E-state index in [4.69, 9.17) is 11.6 Å². The van der Waals surface area contributed by atoms with E-state index in [1.165, 1.54) is 0 Å². The topological polar surface area (TPSA) is 23.5 Å². The maximum absolute atomic E-state index is 9.41. The van der Waals surface area contributed by atoms with Crippen molar-refractivity contribution in [2.45, 2.75) is 19.1 Å². The van der Waals surface area contributed by atoms with Crippen LogP contribution in [-0.2, 0) is 6.54 Å². The van der Waals surface area contributed by atoms with Gasteiger partial charge >= 0.3 is 0 Å². The van der Waals surface area contributed by atoms with E-state index >= 15 is 0 Å². The fourth-order valence-corrected chi connectivity index (χ4v) is 2.58. The third kappa shape index (κ3) is 2.94. The van der Waals surface area contributed by atoms with Crippen LogP contribution in [0.15, 0.2) is 22.7 Å². The van der Waals surface area contributed by atoms with Crippen molar-refractivity contribution in [1.29, 1.82) is 0 Å². The van der Waals surface area contributed by atoms with Crippen LogP contribution in [0.4, 0.5) is 0 Å². The second-order valence-corrected chi connectivity index (χ2v) is 5.24. The number of benzene rings is 1. The van der Waals surface area contributed by atoms with Gasteiger partial charge in [0.15, 0.2) is 0 Å². The third-order valence-electron chi connectivity index (χ3n) is 2.66. The molecule has 1 fully saturated rings. The second-order valence-electron chi connectivity index (χ2n) is 3.91. The molecule has 1 aromatic carbocycles. The van der Waals surface area contributed by atoms with Gasteiger partial charge in [0.2, 0.25) is 0 Å². The predicted octanol–water partition coefficient (Wildman–Crippen LogP) is 2.67. The Morgan fingerprint density at radius 2 is 2.33 bits per heavy atom. The molecule has 1 aromatic rings. The van der Waals surface area contributed by atoms with Gasteiger partial charge in [-0.3, -0.25) is 4.90 Å². The molecule has 1 unspecified atom stereocenters. The molecule has 0 aliphatic carbocycles. The monoisotopic (exact) mass is 289 g/mol. The average molecular weight is 291 g/mol. The largest absolute Gasteiger partial charge is 0.392 e. The number of β-amino-alcohol motifs (C(OH)–C–C–N with tert-alkyl or cyclic N) is 1. The lowest BCUT2D eigenvalue weighted by atomic mass is 10.2. The molecule has 1 saturated heterocycles. The molecular weight excluding hydrogens is 277 g/mol. The summed E-state index contributed by atoms with van der Waals surface area (Å²) in [6, 6.07) is 5.92. The van der Waals surface area contributed by atoms with Gasteiger partial charge in [-0.1, -0.05) is 33.6 Å². The van der Waals surface area contributed by atoms with E-state index in [9.17, 15) is 5.11 Å². The smallest absolute Gasteiger partial charge is 0.0679 e. The number of aliphatic hydroxyl groups excluding tert-OH is 1. The van der Waals surface area contributed by atoms with E-state index in [2.05, 4.69) is 20.8 Å². The summed E-state index contributed by atoms with van der Waals surface area (Å²) in [6.07, 6.45) is 0.702. The average Bonchev–Trinajstić information content (AvgIpc) is 2.56. The molecule has 1 heterocycles. The lowest BCUT2D eigenvalue weighted by Gasteiger charge is -2.15. The molecule has 1 atom stereocenters. The predicted molar refractivity (Wildman–Crippen MR) is 65.1 cm³/mol. The first kappa shape index (κ1) is 11.4. The van der Waals surface area contributed by atoms with E-state index in [0.717, 1.165) is 41.1 Å². The first-order chi connectivity index (χ1) is 7.15. The molecule has 1 N–H and O–H groups in total. The highest BCUT2D eigenvalue weighted by Gasteiger charge is 2.20. The fourth-order valence-electron chi connectivity index (χ4n) is 1.85. The minimum atomic E-state index is -0.167. The molecule has 4 heteroatoms. The summed E-state index contributed by atoms with van der Waals surface area (Å²) >= 11 is 9.51. The van der Waals surface area contributed by atoms with Crippen molar-refractivity contribution < 1.29 is 5.11 Å². The standard InChI is InChI=1S/C11H13BrClNO/c12-9-2-1-8(11(13)5-9)6-14-4-3-10(15)7-14/h1-2,5,10,15H,3-4,6-7H2. The molecule has 0 aromatic heterocycles. The zero-order valence-corrected chi connectivity index (χ0v) is 10.6. The number of hydrogen-bond acceptors (Lipinski definition) is 2. The highest BCUT2D eigenvalue weighted by molar-refractivity contribution is 9.10. The molecule has 1 aliphatic heterocycles. The van der Waals surface area contributed by atoms with Crippen molar-refractivity contribution in [2.75, 3.05) is 13.1 Å². The minimum absolute atomic E-state index is 0.167. The molecule has 0 amide bonds. The Labute approximate surface area is 103 Å². The maximum atomic E-state index is 9.41. The van der Waals surface area contributed by atoms with Crippen molar-refractivity contribution in [3.63, 3.8) is 0 Å². The van der Waals surface area contributed by atoms with Crippen LogP contribution < -0.4 is 0 Å². The van der Waals surface area contributed by atoms with Gasteiger partial charge in [-0.2, -0.15) is 0 Å². The summed E-state index contributed by atoms with van der Waals surface area (Å²) in [4.78, 5) is 2.22. The number of likely N-dealkylation sites (tertiary alicyclic amines) is 1. The molecule has 82 valence electrons. The Morgan fingerprint density at radius 1 is 1.53 bits per heavy atom. The van der Waals surface area contributed by atoms with Gasteiger partial charge in [0, 0.05) is 29.1 Å². The summed E-state index contributed by atoms with van der Waals surface area (Å²) in [7, 11) is 0. The van der Waals surface area contributed by atoms with Gasteiger partial charge in [-0.05, 0) is 24.1 Å². The molecule has 0 bridgehead atoms. The van der Waals surface area contributed by atoms with Crippen molar-refractivity contribution in [3.8, 4) is 0 Å². The van der Waals surface area contributed by atoms with E-state index in [1.54, 1.807) is 0 Å². The van der Waals surface area contributed by atoms with Crippen LogP contribution in [0, 0.1) is 0 Å². The van der Waals surface area contributed by atoms with Crippen LogP contribution in [0.25, 0.3) is 0 Å². The number of rotatable bonds is 2. The molecule has 0 saturated carbocycles. The van der Waals surface area contributed by atoms with Gasteiger partial charge in [-0.15, -0.1) is 0 Å². The molecule has 1 aliphatic rings. The lowest BCUT2D eigenvalue weighted by molar-refractivity contribution is 0.175. The Kier molecular flexibility index (Phi) is 3.67. The summed E-state index contributed by atoms with van der Waals surface area (Å²) < 4.78 is 0.998. The van der Waals surface area contributed by atoms with Gasteiger partial charge in [0.05, 0.1) is 6.10 Å². The number of hydrogen-bond donors (Lipinski definition) is 1. The Hall–Kier alpha value is -0.0900. The maximum Gasteiger partial charge on any atom is 0.0679 e. The van der Waals surface area contributed by atoms with Crippen molar-refractivity contribution in [3.05, 3.63) is 33.3 Å². The van der Waals surface area contributed by atoms with Crippen molar-refractivity contribution in [2.24, 2.45) is 0 Å². The first-order valence-electron chi connectivity index (χ1n) is 4.99. The van der Waals surface area contributed by atoms with Crippen molar-refractivity contribution in [1.82, 2.24) is 4.90 Å². The van der Waals surface area contributed by atoms with E-state index in [0.29, 0.717) is 0 Å². The van der Waals surface area contributed by atoms with Gasteiger partial charge in [0.1, 0.15) is 0 Å². The summed E-state index contributed by atoms with van der Waals surface area (Å²) in [5, 5.41) is 10.2. The van der Waals surface area contributed by atoms with Crippen LogP contribution in [0.5, 0.6) is 0 Å². The summed E-state index contributed by atoms with van der Waals surface area (Å²) in [6.45, 7) is 2.53. The van der Waals surface area contributed by atoms with Crippen LogP contribution in [-0.4, -0.2) is 29.2 Å². The lowest BCUT2D eigenvalue weighted by Crippen LogP contribution is -2.21.